The second kappa shape index (κ2) is 5.63. The number of halogens is 5. The number of alkyl halides is 3. The van der Waals surface area contributed by atoms with Gasteiger partial charge in [-0.25, -0.2) is 4.39 Å². The van der Waals surface area contributed by atoms with E-state index >= 15 is 0 Å². The lowest BCUT2D eigenvalue weighted by molar-refractivity contribution is -0.124. The summed E-state index contributed by atoms with van der Waals surface area (Å²) in [7, 11) is 0. The van der Waals surface area contributed by atoms with Gasteiger partial charge < -0.3 is 5.32 Å². The van der Waals surface area contributed by atoms with Crippen LogP contribution in [0.15, 0.2) is 22.7 Å². The van der Waals surface area contributed by atoms with Crippen molar-refractivity contribution < 1.29 is 17.6 Å². The van der Waals surface area contributed by atoms with Gasteiger partial charge in [0, 0.05) is 4.47 Å². The molecule has 0 unspecified atom stereocenters. The minimum Gasteiger partial charge on any atom is -0.308 e. The molecule has 0 aliphatic rings. The SMILES string of the molecule is Fc1ccc(Br)cc1CCNCC(F)(F)F. The second-order valence-corrected chi connectivity index (χ2v) is 4.19. The monoisotopic (exact) mass is 299 g/mol. The van der Waals surface area contributed by atoms with Gasteiger partial charge in [-0.15, -0.1) is 0 Å². The van der Waals surface area contributed by atoms with E-state index in [9.17, 15) is 17.6 Å². The summed E-state index contributed by atoms with van der Waals surface area (Å²) in [4.78, 5) is 0. The Bertz CT molecular complexity index is 351. The fourth-order valence-electron chi connectivity index (χ4n) is 1.19. The molecule has 0 aliphatic carbocycles. The average molecular weight is 300 g/mol. The Morgan fingerprint density at radius 2 is 1.94 bits per heavy atom. The molecule has 0 amide bonds. The van der Waals surface area contributed by atoms with E-state index in [-0.39, 0.29) is 13.0 Å². The molecule has 0 bridgehead atoms. The summed E-state index contributed by atoms with van der Waals surface area (Å²) < 4.78 is 49.2. The van der Waals surface area contributed by atoms with Crippen LogP contribution in [0.1, 0.15) is 5.56 Å². The topological polar surface area (TPSA) is 12.0 Å². The van der Waals surface area contributed by atoms with Gasteiger partial charge in [-0.2, -0.15) is 13.2 Å². The van der Waals surface area contributed by atoms with Crippen molar-refractivity contribution in [3.05, 3.63) is 34.1 Å². The lowest BCUT2D eigenvalue weighted by Crippen LogP contribution is -2.30. The Labute approximate surface area is 99.0 Å². The van der Waals surface area contributed by atoms with Crippen LogP contribution in [-0.2, 0) is 6.42 Å². The van der Waals surface area contributed by atoms with Gasteiger partial charge in [0.05, 0.1) is 6.54 Å². The van der Waals surface area contributed by atoms with Gasteiger partial charge in [0.25, 0.3) is 0 Å². The van der Waals surface area contributed by atoms with E-state index < -0.39 is 18.5 Å². The molecule has 1 rings (SSSR count). The predicted molar refractivity (Wildman–Crippen MR) is 56.7 cm³/mol. The lowest BCUT2D eigenvalue weighted by atomic mass is 10.1. The molecule has 1 aromatic carbocycles. The van der Waals surface area contributed by atoms with Crippen molar-refractivity contribution in [2.24, 2.45) is 0 Å². The maximum Gasteiger partial charge on any atom is 0.401 e. The van der Waals surface area contributed by atoms with Crippen LogP contribution in [0.5, 0.6) is 0 Å². The molecule has 0 saturated heterocycles. The Morgan fingerprint density at radius 3 is 2.56 bits per heavy atom. The smallest absolute Gasteiger partial charge is 0.308 e. The number of nitrogens with one attached hydrogen (secondary N) is 1. The summed E-state index contributed by atoms with van der Waals surface area (Å²) in [5.74, 6) is -0.406. The summed E-state index contributed by atoms with van der Waals surface area (Å²) in [6.07, 6.45) is -4.00. The minimum absolute atomic E-state index is 0.0902. The third-order valence-corrected chi connectivity index (χ3v) is 2.40. The molecular formula is C10H10BrF4N. The highest BCUT2D eigenvalue weighted by Crippen LogP contribution is 2.16. The molecule has 0 radical (unpaired) electrons. The second-order valence-electron chi connectivity index (χ2n) is 3.28. The van der Waals surface area contributed by atoms with E-state index in [1.54, 1.807) is 12.1 Å². The van der Waals surface area contributed by atoms with Crippen LogP contribution in [0.25, 0.3) is 0 Å². The molecule has 0 atom stereocenters. The molecule has 0 saturated carbocycles. The Balaban J connectivity index is 2.40. The van der Waals surface area contributed by atoms with Crippen LogP contribution in [-0.4, -0.2) is 19.3 Å². The van der Waals surface area contributed by atoms with Crippen LogP contribution < -0.4 is 5.32 Å². The molecule has 16 heavy (non-hydrogen) atoms. The van der Waals surface area contributed by atoms with Crippen LogP contribution in [0.4, 0.5) is 17.6 Å². The first-order chi connectivity index (χ1) is 7.38. The van der Waals surface area contributed by atoms with Crippen LogP contribution >= 0.6 is 15.9 Å². The summed E-state index contributed by atoms with van der Waals surface area (Å²) in [5, 5.41) is 2.21. The Hall–Kier alpha value is -0.620. The van der Waals surface area contributed by atoms with Crippen molar-refractivity contribution in [3.8, 4) is 0 Å². The van der Waals surface area contributed by atoms with Crippen LogP contribution in [0.3, 0.4) is 0 Å². The third kappa shape index (κ3) is 4.94. The zero-order valence-electron chi connectivity index (χ0n) is 8.24. The molecular weight excluding hydrogens is 290 g/mol. The highest BCUT2D eigenvalue weighted by Gasteiger charge is 2.25. The Morgan fingerprint density at radius 1 is 1.25 bits per heavy atom. The van der Waals surface area contributed by atoms with Crippen molar-refractivity contribution in [2.75, 3.05) is 13.1 Å². The summed E-state index contributed by atoms with van der Waals surface area (Å²) in [6.45, 7) is -0.963. The van der Waals surface area contributed by atoms with Gasteiger partial charge in [-0.3, -0.25) is 0 Å². The molecule has 1 N–H and O–H groups in total. The first kappa shape index (κ1) is 13.4. The average Bonchev–Trinajstić information content (AvgIpc) is 2.16. The predicted octanol–water partition coefficient (Wildman–Crippen LogP) is 3.28. The molecule has 0 aliphatic heterocycles. The number of benzene rings is 1. The van der Waals surface area contributed by atoms with Crippen molar-refractivity contribution in [2.45, 2.75) is 12.6 Å². The van der Waals surface area contributed by atoms with Crippen molar-refractivity contribution in [1.29, 1.82) is 0 Å². The lowest BCUT2D eigenvalue weighted by Gasteiger charge is -2.08. The first-order valence-corrected chi connectivity index (χ1v) is 5.39. The summed E-state index contributed by atoms with van der Waals surface area (Å²) in [5.41, 5.74) is 0.393. The molecule has 0 aromatic heterocycles. The highest BCUT2D eigenvalue weighted by molar-refractivity contribution is 9.10. The molecule has 0 heterocycles. The van der Waals surface area contributed by atoms with Crippen molar-refractivity contribution in [1.82, 2.24) is 5.32 Å². The molecule has 0 fully saturated rings. The largest absolute Gasteiger partial charge is 0.401 e. The summed E-state index contributed by atoms with van der Waals surface area (Å²) in [6, 6.07) is 4.38. The van der Waals surface area contributed by atoms with E-state index in [1.165, 1.54) is 6.07 Å². The molecule has 6 heteroatoms. The quantitative estimate of drug-likeness (QED) is 0.664. The van der Waals surface area contributed by atoms with Gasteiger partial charge in [-0.05, 0) is 36.7 Å². The van der Waals surface area contributed by atoms with E-state index in [2.05, 4.69) is 21.2 Å². The number of hydrogen-bond donors (Lipinski definition) is 1. The van der Waals surface area contributed by atoms with Gasteiger partial charge in [0.2, 0.25) is 0 Å². The van der Waals surface area contributed by atoms with Crippen molar-refractivity contribution >= 4 is 15.9 Å². The van der Waals surface area contributed by atoms with Gasteiger partial charge in [-0.1, -0.05) is 15.9 Å². The third-order valence-electron chi connectivity index (χ3n) is 1.90. The number of rotatable bonds is 4. The first-order valence-electron chi connectivity index (χ1n) is 4.60. The zero-order chi connectivity index (χ0) is 12.2. The Kier molecular flexibility index (Phi) is 4.73. The van der Waals surface area contributed by atoms with E-state index in [0.29, 0.717) is 10.0 Å². The van der Waals surface area contributed by atoms with Gasteiger partial charge >= 0.3 is 6.18 Å². The molecule has 90 valence electrons. The maximum atomic E-state index is 13.2. The van der Waals surface area contributed by atoms with Gasteiger partial charge in [0.15, 0.2) is 0 Å². The summed E-state index contributed by atoms with van der Waals surface area (Å²) >= 11 is 3.17. The molecule has 1 aromatic rings. The molecule has 0 spiro atoms. The van der Waals surface area contributed by atoms with E-state index in [0.717, 1.165) is 0 Å². The fraction of sp³-hybridized carbons (Fsp3) is 0.400. The number of hydrogen-bond acceptors (Lipinski definition) is 1. The molecule has 1 nitrogen and oxygen atoms in total. The van der Waals surface area contributed by atoms with Crippen molar-refractivity contribution in [3.63, 3.8) is 0 Å². The van der Waals surface area contributed by atoms with Crippen LogP contribution in [0.2, 0.25) is 0 Å². The maximum absolute atomic E-state index is 13.2. The van der Waals surface area contributed by atoms with Gasteiger partial charge in [0.1, 0.15) is 5.82 Å². The minimum atomic E-state index is -4.23. The highest BCUT2D eigenvalue weighted by atomic mass is 79.9. The van der Waals surface area contributed by atoms with Crippen LogP contribution in [0, 0.1) is 5.82 Å². The fourth-order valence-corrected chi connectivity index (χ4v) is 1.60. The normalized spacial score (nSPS) is 11.8. The van der Waals surface area contributed by atoms with E-state index in [1.807, 2.05) is 0 Å². The van der Waals surface area contributed by atoms with E-state index in [4.69, 9.17) is 0 Å². The standard InChI is InChI=1S/C10H10BrF4N/c11-8-1-2-9(12)7(5-8)3-4-16-6-10(13,14)15/h1-2,5,16H,3-4,6H2. The zero-order valence-corrected chi connectivity index (χ0v) is 9.83.